The maximum Gasteiger partial charge on any atom is 0.233 e. The van der Waals surface area contributed by atoms with E-state index in [-0.39, 0.29) is 5.41 Å². The highest BCUT2D eigenvalue weighted by Gasteiger charge is 2.47. The van der Waals surface area contributed by atoms with E-state index in [1.165, 1.54) is 63.5 Å². The molecule has 2 aliphatic heterocycles. The summed E-state index contributed by atoms with van der Waals surface area (Å²) in [5, 5.41) is 0. The van der Waals surface area contributed by atoms with Crippen molar-refractivity contribution in [2.45, 2.75) is 95.6 Å². The van der Waals surface area contributed by atoms with E-state index in [1.54, 1.807) is 0 Å². The number of likely N-dealkylation sites (tertiary alicyclic amines) is 1. The molecule has 1 unspecified atom stereocenters. The minimum atomic E-state index is -0.0258. The summed E-state index contributed by atoms with van der Waals surface area (Å²) >= 11 is 0. The number of anilines is 1. The molecule has 2 saturated heterocycles. The van der Waals surface area contributed by atoms with E-state index in [1.807, 2.05) is 0 Å². The second-order valence-corrected chi connectivity index (χ2v) is 10.0. The van der Waals surface area contributed by atoms with Crippen molar-refractivity contribution in [3.63, 3.8) is 0 Å². The summed E-state index contributed by atoms with van der Waals surface area (Å²) in [7, 11) is 0. The van der Waals surface area contributed by atoms with Gasteiger partial charge in [0.2, 0.25) is 5.91 Å². The fraction of sp³-hybridized carbons (Fsp3) is 0.720. The lowest BCUT2D eigenvalue weighted by Crippen LogP contribution is -2.36. The number of carbonyl (C=O) groups excluding carboxylic acids is 1. The summed E-state index contributed by atoms with van der Waals surface area (Å²) in [5.41, 5.74) is 2.58. The Morgan fingerprint density at radius 2 is 1.68 bits per heavy atom. The maximum atomic E-state index is 13.2. The zero-order chi connectivity index (χ0) is 19.1. The molecule has 1 aromatic rings. The van der Waals surface area contributed by atoms with E-state index < -0.39 is 0 Å². The summed E-state index contributed by atoms with van der Waals surface area (Å²) < 4.78 is 0. The number of benzene rings is 1. The molecule has 3 nitrogen and oxygen atoms in total. The molecular formula is C25H36N2O. The number of hydrogen-bond donors (Lipinski definition) is 0. The molecule has 3 atom stereocenters. The molecule has 1 spiro atoms. The van der Waals surface area contributed by atoms with Crippen LogP contribution in [-0.2, 0) is 4.79 Å². The van der Waals surface area contributed by atoms with E-state index in [0.717, 1.165) is 43.6 Å². The van der Waals surface area contributed by atoms with E-state index in [4.69, 9.17) is 0 Å². The van der Waals surface area contributed by atoms with Crippen LogP contribution in [0.25, 0.3) is 0 Å². The van der Waals surface area contributed by atoms with Crippen LogP contribution in [0.15, 0.2) is 24.3 Å². The Morgan fingerprint density at radius 3 is 2.39 bits per heavy atom. The molecule has 28 heavy (non-hydrogen) atoms. The molecule has 0 aromatic heterocycles. The van der Waals surface area contributed by atoms with Crippen LogP contribution >= 0.6 is 0 Å². The summed E-state index contributed by atoms with van der Waals surface area (Å²) in [4.78, 5) is 18.0. The lowest BCUT2D eigenvalue weighted by atomic mass is 9.73. The molecule has 4 fully saturated rings. The number of carbonyl (C=O) groups is 1. The summed E-state index contributed by atoms with van der Waals surface area (Å²) in [5.74, 6) is 1.11. The van der Waals surface area contributed by atoms with Crippen molar-refractivity contribution >= 4 is 11.6 Å². The van der Waals surface area contributed by atoms with Crippen molar-refractivity contribution in [3.05, 3.63) is 29.8 Å². The molecule has 1 amide bonds. The van der Waals surface area contributed by atoms with Crippen LogP contribution in [0, 0.1) is 5.41 Å². The molecule has 2 aliphatic carbocycles. The van der Waals surface area contributed by atoms with Crippen molar-refractivity contribution < 1.29 is 4.79 Å². The van der Waals surface area contributed by atoms with Crippen LogP contribution in [0.1, 0.15) is 89.0 Å². The molecule has 0 bridgehead atoms. The van der Waals surface area contributed by atoms with Crippen LogP contribution in [-0.4, -0.2) is 36.0 Å². The predicted molar refractivity (Wildman–Crippen MR) is 115 cm³/mol. The Bertz CT molecular complexity index is 706. The van der Waals surface area contributed by atoms with Gasteiger partial charge in [-0.2, -0.15) is 0 Å². The van der Waals surface area contributed by atoms with Gasteiger partial charge in [0, 0.05) is 24.3 Å². The second-order valence-electron chi connectivity index (χ2n) is 10.0. The fourth-order valence-corrected chi connectivity index (χ4v) is 6.75. The standard InChI is InChI=1S/C25H36N2O/c1-19-6-5-16-26(19)23-12-9-21(18-23)20-7-10-22(11-8-20)27-17-15-25(24(27)28)13-3-2-4-14-25/h7-8,10-11,19,21,23H,2-6,9,12-18H2,1H3/t19-,21-,23?/m0/s1. The molecule has 4 aliphatic rings. The average molecular weight is 381 g/mol. The fourth-order valence-electron chi connectivity index (χ4n) is 6.75. The lowest BCUT2D eigenvalue weighted by Gasteiger charge is -2.31. The highest BCUT2D eigenvalue weighted by atomic mass is 16.2. The number of hydrogen-bond acceptors (Lipinski definition) is 2. The zero-order valence-electron chi connectivity index (χ0n) is 17.5. The predicted octanol–water partition coefficient (Wildman–Crippen LogP) is 5.49. The molecule has 1 aromatic carbocycles. The molecule has 152 valence electrons. The Hall–Kier alpha value is -1.35. The summed E-state index contributed by atoms with van der Waals surface area (Å²) in [6.45, 7) is 4.62. The zero-order valence-corrected chi connectivity index (χ0v) is 17.5. The molecule has 2 heterocycles. The topological polar surface area (TPSA) is 23.6 Å². The normalized spacial score (nSPS) is 33.2. The Morgan fingerprint density at radius 1 is 0.893 bits per heavy atom. The van der Waals surface area contributed by atoms with Gasteiger partial charge in [0.25, 0.3) is 0 Å². The third-order valence-corrected chi connectivity index (χ3v) is 8.48. The van der Waals surface area contributed by atoms with Crippen LogP contribution in [0.2, 0.25) is 0 Å². The van der Waals surface area contributed by atoms with Gasteiger partial charge >= 0.3 is 0 Å². The first-order chi connectivity index (χ1) is 13.7. The van der Waals surface area contributed by atoms with Crippen molar-refractivity contribution in [1.82, 2.24) is 4.90 Å². The van der Waals surface area contributed by atoms with Crippen molar-refractivity contribution in [3.8, 4) is 0 Å². The van der Waals surface area contributed by atoms with Crippen molar-refractivity contribution in [2.24, 2.45) is 5.41 Å². The van der Waals surface area contributed by atoms with Crippen LogP contribution < -0.4 is 4.90 Å². The SMILES string of the molecule is C[C@H]1CCCN1C1CC[C@H](c2ccc(N3CCC4(CCCCC4)C3=O)cc2)C1. The Labute approximate surface area is 170 Å². The highest BCUT2D eigenvalue weighted by molar-refractivity contribution is 5.99. The van der Waals surface area contributed by atoms with Crippen LogP contribution in [0.3, 0.4) is 0 Å². The highest BCUT2D eigenvalue weighted by Crippen LogP contribution is 2.46. The molecule has 0 N–H and O–H groups in total. The first kappa shape index (κ1) is 18.7. The van der Waals surface area contributed by atoms with Gasteiger partial charge < -0.3 is 4.90 Å². The van der Waals surface area contributed by atoms with Gasteiger partial charge in [-0.15, -0.1) is 0 Å². The minimum Gasteiger partial charge on any atom is -0.312 e. The van der Waals surface area contributed by atoms with Gasteiger partial charge in [0.05, 0.1) is 5.41 Å². The molecule has 0 radical (unpaired) electrons. The smallest absolute Gasteiger partial charge is 0.233 e. The largest absolute Gasteiger partial charge is 0.312 e. The Balaban J connectivity index is 1.25. The van der Waals surface area contributed by atoms with Gasteiger partial charge in [-0.25, -0.2) is 0 Å². The number of amides is 1. The number of rotatable bonds is 3. The van der Waals surface area contributed by atoms with Gasteiger partial charge in [-0.1, -0.05) is 31.4 Å². The van der Waals surface area contributed by atoms with Gasteiger partial charge in [0.1, 0.15) is 0 Å². The van der Waals surface area contributed by atoms with E-state index in [0.29, 0.717) is 11.8 Å². The maximum absolute atomic E-state index is 13.2. The first-order valence-electron chi connectivity index (χ1n) is 11.8. The minimum absolute atomic E-state index is 0.0258. The average Bonchev–Trinajstić information content (AvgIpc) is 3.44. The third kappa shape index (κ3) is 3.20. The Kier molecular flexibility index (Phi) is 4.99. The molecular weight excluding hydrogens is 344 g/mol. The van der Waals surface area contributed by atoms with Gasteiger partial charge in [0.15, 0.2) is 0 Å². The van der Waals surface area contributed by atoms with Gasteiger partial charge in [-0.3, -0.25) is 9.69 Å². The molecule has 5 rings (SSSR count). The van der Waals surface area contributed by atoms with E-state index >= 15 is 0 Å². The summed E-state index contributed by atoms with van der Waals surface area (Å²) in [6.07, 6.45) is 13.8. The van der Waals surface area contributed by atoms with E-state index in [2.05, 4.69) is 41.0 Å². The molecule has 2 saturated carbocycles. The summed E-state index contributed by atoms with van der Waals surface area (Å²) in [6, 6.07) is 10.6. The molecule has 3 heteroatoms. The lowest BCUT2D eigenvalue weighted by molar-refractivity contribution is -0.127. The van der Waals surface area contributed by atoms with Crippen LogP contribution in [0.5, 0.6) is 0 Å². The van der Waals surface area contributed by atoms with Crippen LogP contribution in [0.4, 0.5) is 5.69 Å². The number of nitrogens with zero attached hydrogens (tertiary/aromatic N) is 2. The monoisotopic (exact) mass is 380 g/mol. The van der Waals surface area contributed by atoms with Gasteiger partial charge in [-0.05, 0) is 88.4 Å². The quantitative estimate of drug-likeness (QED) is 0.692. The third-order valence-electron chi connectivity index (χ3n) is 8.48. The van der Waals surface area contributed by atoms with Crippen molar-refractivity contribution in [1.29, 1.82) is 0 Å². The first-order valence-corrected chi connectivity index (χ1v) is 11.8. The van der Waals surface area contributed by atoms with E-state index in [9.17, 15) is 4.79 Å². The van der Waals surface area contributed by atoms with Crippen molar-refractivity contribution in [2.75, 3.05) is 18.0 Å². The second kappa shape index (κ2) is 7.48.